The summed E-state index contributed by atoms with van der Waals surface area (Å²) in [5.41, 5.74) is 3.31. The van der Waals surface area contributed by atoms with E-state index in [1.165, 1.54) is 5.69 Å². The Bertz CT molecular complexity index is 998. The molecule has 1 saturated heterocycles. The predicted octanol–water partition coefficient (Wildman–Crippen LogP) is 5.91. The maximum Gasteiger partial charge on any atom is 0.407 e. The SMILES string of the molecule is CC(C)(C)[Si](C)(C)OC1CCN(c2ccc3c(c2)OCC(OC(=O)NCc2ccccc2)C3)CC1. The maximum atomic E-state index is 12.2. The standard InChI is InChI=1S/C28H40N2O4Si/c1-28(2,3)35(4,5)34-24-13-15-30(16-14-24)23-12-11-22-17-25(20-32-26(22)18-23)33-27(31)29-19-21-9-7-6-8-10-21/h6-12,18,24-25H,13-17,19-20H2,1-5H3,(H,29,31). The monoisotopic (exact) mass is 496 g/mol. The number of nitrogens with zero attached hydrogens (tertiary/aromatic N) is 1. The highest BCUT2D eigenvalue weighted by Crippen LogP contribution is 2.39. The Morgan fingerprint density at radius 1 is 1.09 bits per heavy atom. The molecule has 6 nitrogen and oxygen atoms in total. The molecule has 1 atom stereocenters. The van der Waals surface area contributed by atoms with Crippen LogP contribution in [0.5, 0.6) is 5.75 Å². The molecule has 2 aliphatic rings. The van der Waals surface area contributed by atoms with Gasteiger partial charge in [0, 0.05) is 43.9 Å². The van der Waals surface area contributed by atoms with Gasteiger partial charge in [-0.3, -0.25) is 0 Å². The van der Waals surface area contributed by atoms with Crippen LogP contribution in [0.1, 0.15) is 44.7 Å². The highest BCUT2D eigenvalue weighted by Gasteiger charge is 2.39. The Hall–Kier alpha value is -2.51. The molecule has 0 radical (unpaired) electrons. The molecule has 1 unspecified atom stereocenters. The zero-order chi connectivity index (χ0) is 25.1. The van der Waals surface area contributed by atoms with Crippen LogP contribution >= 0.6 is 0 Å². The van der Waals surface area contributed by atoms with Crippen molar-refractivity contribution >= 4 is 20.1 Å². The quantitative estimate of drug-likeness (QED) is 0.504. The van der Waals surface area contributed by atoms with E-state index < -0.39 is 14.4 Å². The molecule has 0 saturated carbocycles. The number of fused-ring (bicyclic) bond motifs is 1. The third-order valence-corrected chi connectivity index (χ3v) is 12.1. The fourth-order valence-corrected chi connectivity index (χ4v) is 5.82. The zero-order valence-electron chi connectivity index (χ0n) is 21.8. The predicted molar refractivity (Wildman–Crippen MR) is 143 cm³/mol. The first kappa shape index (κ1) is 25.6. The van der Waals surface area contributed by atoms with E-state index in [2.05, 4.69) is 62.3 Å². The molecule has 1 fully saturated rings. The molecule has 2 heterocycles. The van der Waals surface area contributed by atoms with Crippen molar-refractivity contribution in [1.82, 2.24) is 5.32 Å². The number of anilines is 1. The highest BCUT2D eigenvalue weighted by molar-refractivity contribution is 6.74. The molecule has 0 aliphatic carbocycles. The van der Waals surface area contributed by atoms with Crippen molar-refractivity contribution in [2.24, 2.45) is 0 Å². The van der Waals surface area contributed by atoms with Gasteiger partial charge in [0.05, 0.1) is 0 Å². The third kappa shape index (κ3) is 6.58. The van der Waals surface area contributed by atoms with Crippen LogP contribution in [0.4, 0.5) is 10.5 Å². The number of nitrogens with one attached hydrogen (secondary N) is 1. The summed E-state index contributed by atoms with van der Waals surface area (Å²) in [4.78, 5) is 14.6. The summed E-state index contributed by atoms with van der Waals surface area (Å²) < 4.78 is 18.2. The summed E-state index contributed by atoms with van der Waals surface area (Å²) in [6.07, 6.45) is 2.43. The Morgan fingerprint density at radius 2 is 1.80 bits per heavy atom. The van der Waals surface area contributed by atoms with Gasteiger partial charge in [-0.25, -0.2) is 4.79 Å². The molecular formula is C28H40N2O4Si. The number of hydrogen-bond donors (Lipinski definition) is 1. The Balaban J connectivity index is 1.26. The summed E-state index contributed by atoms with van der Waals surface area (Å²) >= 11 is 0. The summed E-state index contributed by atoms with van der Waals surface area (Å²) in [6.45, 7) is 14.4. The molecule has 4 rings (SSSR count). The van der Waals surface area contributed by atoms with Crippen LogP contribution in [0.25, 0.3) is 0 Å². The average Bonchev–Trinajstić information content (AvgIpc) is 2.83. The van der Waals surface area contributed by atoms with E-state index in [-0.39, 0.29) is 11.1 Å². The average molecular weight is 497 g/mol. The Morgan fingerprint density at radius 3 is 2.49 bits per heavy atom. The third-order valence-electron chi connectivity index (χ3n) is 7.55. The molecule has 1 amide bonds. The van der Waals surface area contributed by atoms with Crippen LogP contribution in [-0.4, -0.2) is 46.3 Å². The number of alkyl carbamates (subject to hydrolysis) is 1. The number of hydrogen-bond acceptors (Lipinski definition) is 5. The van der Waals surface area contributed by atoms with Gasteiger partial charge < -0.3 is 24.1 Å². The van der Waals surface area contributed by atoms with Gasteiger partial charge in [0.2, 0.25) is 0 Å². The van der Waals surface area contributed by atoms with Crippen molar-refractivity contribution < 1.29 is 18.7 Å². The second-order valence-electron chi connectivity index (χ2n) is 11.2. The van der Waals surface area contributed by atoms with Crippen molar-refractivity contribution in [2.75, 3.05) is 24.6 Å². The number of carbonyl (C=O) groups excluding carboxylic acids is 1. The van der Waals surface area contributed by atoms with E-state index in [4.69, 9.17) is 13.9 Å². The number of piperidine rings is 1. The summed E-state index contributed by atoms with van der Waals surface area (Å²) in [6, 6.07) is 16.2. The first-order valence-corrected chi connectivity index (χ1v) is 15.7. The van der Waals surface area contributed by atoms with Gasteiger partial charge in [0.15, 0.2) is 8.32 Å². The summed E-state index contributed by atoms with van der Waals surface area (Å²) in [5.74, 6) is 0.895. The van der Waals surface area contributed by atoms with Crippen molar-refractivity contribution in [3.8, 4) is 5.75 Å². The second-order valence-corrected chi connectivity index (χ2v) is 16.0. The lowest BCUT2D eigenvalue weighted by Gasteiger charge is -2.42. The van der Waals surface area contributed by atoms with E-state index in [1.54, 1.807) is 0 Å². The minimum Gasteiger partial charge on any atom is -0.489 e. The molecule has 2 aromatic rings. The van der Waals surface area contributed by atoms with Crippen molar-refractivity contribution in [3.63, 3.8) is 0 Å². The topological polar surface area (TPSA) is 60.0 Å². The van der Waals surface area contributed by atoms with Crippen molar-refractivity contribution in [2.45, 2.75) is 76.9 Å². The Labute approximate surface area is 211 Å². The van der Waals surface area contributed by atoms with Gasteiger partial charge in [-0.2, -0.15) is 0 Å². The van der Waals surface area contributed by atoms with Gasteiger partial charge in [-0.1, -0.05) is 57.2 Å². The van der Waals surface area contributed by atoms with Gasteiger partial charge in [-0.15, -0.1) is 0 Å². The lowest BCUT2D eigenvalue weighted by molar-refractivity contribution is 0.0554. The van der Waals surface area contributed by atoms with Gasteiger partial charge in [0.1, 0.15) is 18.5 Å². The van der Waals surface area contributed by atoms with E-state index in [9.17, 15) is 4.79 Å². The van der Waals surface area contributed by atoms with Crippen LogP contribution in [0.2, 0.25) is 18.1 Å². The molecular weight excluding hydrogens is 456 g/mol. The molecule has 2 aliphatic heterocycles. The van der Waals surface area contributed by atoms with Crippen molar-refractivity contribution in [3.05, 3.63) is 59.7 Å². The van der Waals surface area contributed by atoms with E-state index >= 15 is 0 Å². The fourth-order valence-electron chi connectivity index (χ4n) is 4.39. The fraction of sp³-hybridized carbons (Fsp3) is 0.536. The van der Waals surface area contributed by atoms with Gasteiger partial charge >= 0.3 is 6.09 Å². The number of rotatable bonds is 6. The summed E-state index contributed by atoms with van der Waals surface area (Å²) in [5, 5.41) is 3.06. The van der Waals surface area contributed by atoms with Crippen LogP contribution < -0.4 is 15.0 Å². The normalized spacial score (nSPS) is 19.0. The lowest BCUT2D eigenvalue weighted by Crippen LogP contribution is -2.47. The largest absolute Gasteiger partial charge is 0.489 e. The molecule has 1 N–H and O–H groups in total. The highest BCUT2D eigenvalue weighted by atomic mass is 28.4. The van der Waals surface area contributed by atoms with Crippen LogP contribution in [0, 0.1) is 0 Å². The van der Waals surface area contributed by atoms with Gasteiger partial charge in [-0.05, 0) is 48.2 Å². The molecule has 2 aromatic carbocycles. The molecule has 35 heavy (non-hydrogen) atoms. The molecule has 190 valence electrons. The van der Waals surface area contributed by atoms with E-state index in [1.807, 2.05) is 30.3 Å². The number of carbonyl (C=O) groups is 1. The van der Waals surface area contributed by atoms with Crippen LogP contribution in [0.15, 0.2) is 48.5 Å². The zero-order valence-corrected chi connectivity index (χ0v) is 22.8. The first-order valence-electron chi connectivity index (χ1n) is 12.8. The Kier molecular flexibility index (Phi) is 7.76. The second kappa shape index (κ2) is 10.6. The van der Waals surface area contributed by atoms with Gasteiger partial charge in [0.25, 0.3) is 0 Å². The maximum absolute atomic E-state index is 12.2. The molecule has 0 spiro atoms. The number of ether oxygens (including phenoxy) is 2. The molecule has 0 aromatic heterocycles. The van der Waals surface area contributed by atoms with E-state index in [0.29, 0.717) is 25.7 Å². The lowest BCUT2D eigenvalue weighted by atomic mass is 10.0. The van der Waals surface area contributed by atoms with Crippen molar-refractivity contribution in [1.29, 1.82) is 0 Å². The van der Waals surface area contributed by atoms with Crippen LogP contribution in [0.3, 0.4) is 0 Å². The molecule has 7 heteroatoms. The smallest absolute Gasteiger partial charge is 0.407 e. The summed E-state index contributed by atoms with van der Waals surface area (Å²) in [7, 11) is -1.73. The van der Waals surface area contributed by atoms with E-state index in [0.717, 1.165) is 42.8 Å². The van der Waals surface area contributed by atoms with Crippen LogP contribution in [-0.2, 0) is 22.1 Å². The number of amides is 1. The molecule has 0 bridgehead atoms. The minimum atomic E-state index is -1.73. The minimum absolute atomic E-state index is 0.240. The number of benzene rings is 2. The first-order chi connectivity index (χ1) is 16.6.